The lowest BCUT2D eigenvalue weighted by Crippen LogP contribution is -2.15. The van der Waals surface area contributed by atoms with Gasteiger partial charge >= 0.3 is 0 Å². The molecular formula is C24H31N3O4S. The van der Waals surface area contributed by atoms with Crippen LogP contribution in [-0.2, 0) is 6.54 Å². The van der Waals surface area contributed by atoms with E-state index in [1.165, 1.54) is 0 Å². The number of hydrogen-bond donors (Lipinski definition) is 0. The maximum Gasteiger partial charge on any atom is 0.191 e. The first-order valence-electron chi connectivity index (χ1n) is 10.6. The molecule has 8 heteroatoms. The van der Waals surface area contributed by atoms with Gasteiger partial charge in [0.2, 0.25) is 0 Å². The van der Waals surface area contributed by atoms with E-state index >= 15 is 0 Å². The van der Waals surface area contributed by atoms with E-state index < -0.39 is 0 Å². The van der Waals surface area contributed by atoms with Crippen LogP contribution in [0.3, 0.4) is 0 Å². The van der Waals surface area contributed by atoms with Crippen molar-refractivity contribution in [3.05, 3.63) is 54.4 Å². The van der Waals surface area contributed by atoms with Crippen LogP contribution in [0.1, 0.15) is 32.7 Å². The van der Waals surface area contributed by atoms with E-state index in [9.17, 15) is 0 Å². The molecule has 0 fully saturated rings. The third-order valence-electron chi connectivity index (χ3n) is 4.67. The van der Waals surface area contributed by atoms with E-state index in [1.54, 1.807) is 26.0 Å². The Labute approximate surface area is 194 Å². The predicted molar refractivity (Wildman–Crippen MR) is 126 cm³/mol. The molecule has 1 unspecified atom stereocenters. The summed E-state index contributed by atoms with van der Waals surface area (Å²) in [6.07, 6.45) is -0.237. The Balaban J connectivity index is 1.61. The Morgan fingerprint density at radius 1 is 0.812 bits per heavy atom. The zero-order chi connectivity index (χ0) is 22.9. The first kappa shape index (κ1) is 23.8. The molecule has 0 spiro atoms. The third kappa shape index (κ3) is 6.56. The van der Waals surface area contributed by atoms with E-state index in [0.29, 0.717) is 12.5 Å². The van der Waals surface area contributed by atoms with Crippen molar-refractivity contribution in [1.82, 2.24) is 14.8 Å². The second-order valence-corrected chi connectivity index (χ2v) is 8.72. The van der Waals surface area contributed by atoms with Crippen LogP contribution in [0.25, 0.3) is 0 Å². The molecule has 1 atom stereocenters. The molecule has 172 valence electrons. The SMILES string of the molecule is COc1ccc(OCCSc2nnc(C(C)Oc3ccc(OC)cc3)n2CC(C)C)cc1. The van der Waals surface area contributed by atoms with Gasteiger partial charge in [0, 0.05) is 12.3 Å². The van der Waals surface area contributed by atoms with Gasteiger partial charge in [0.05, 0.1) is 20.8 Å². The highest BCUT2D eigenvalue weighted by molar-refractivity contribution is 7.99. The number of rotatable bonds is 12. The summed E-state index contributed by atoms with van der Waals surface area (Å²) in [5, 5.41) is 9.75. The average Bonchev–Trinajstić information content (AvgIpc) is 3.19. The van der Waals surface area contributed by atoms with Crippen LogP contribution in [0, 0.1) is 5.92 Å². The van der Waals surface area contributed by atoms with Gasteiger partial charge in [-0.15, -0.1) is 10.2 Å². The second-order valence-electron chi connectivity index (χ2n) is 7.65. The Hall–Kier alpha value is -2.87. The molecular weight excluding hydrogens is 426 g/mol. The van der Waals surface area contributed by atoms with Crippen LogP contribution >= 0.6 is 11.8 Å². The van der Waals surface area contributed by atoms with Gasteiger partial charge in [-0.2, -0.15) is 0 Å². The zero-order valence-corrected chi connectivity index (χ0v) is 20.1. The fourth-order valence-electron chi connectivity index (χ4n) is 3.12. The number of hydrogen-bond acceptors (Lipinski definition) is 7. The highest BCUT2D eigenvalue weighted by atomic mass is 32.2. The van der Waals surface area contributed by atoms with Gasteiger partial charge in [-0.25, -0.2) is 0 Å². The summed E-state index contributed by atoms with van der Waals surface area (Å²) in [6.45, 7) is 7.74. The van der Waals surface area contributed by atoms with Crippen LogP contribution in [0.5, 0.6) is 23.0 Å². The Morgan fingerprint density at radius 3 is 1.94 bits per heavy atom. The van der Waals surface area contributed by atoms with Gasteiger partial charge < -0.3 is 23.5 Å². The molecule has 0 saturated heterocycles. The fourth-order valence-corrected chi connectivity index (χ4v) is 3.89. The topological polar surface area (TPSA) is 67.6 Å². The molecule has 32 heavy (non-hydrogen) atoms. The summed E-state index contributed by atoms with van der Waals surface area (Å²) in [6, 6.07) is 15.1. The molecule has 3 rings (SSSR count). The summed E-state index contributed by atoms with van der Waals surface area (Å²) in [7, 11) is 3.30. The second kappa shape index (κ2) is 11.7. The summed E-state index contributed by atoms with van der Waals surface area (Å²) in [4.78, 5) is 0. The lowest BCUT2D eigenvalue weighted by atomic mass is 10.2. The predicted octanol–water partition coefficient (Wildman–Crippen LogP) is 5.26. The van der Waals surface area contributed by atoms with E-state index in [0.717, 1.165) is 46.3 Å². The van der Waals surface area contributed by atoms with Gasteiger partial charge in [-0.05, 0) is 61.4 Å². The number of ether oxygens (including phenoxy) is 4. The maximum absolute atomic E-state index is 6.11. The van der Waals surface area contributed by atoms with Crippen molar-refractivity contribution < 1.29 is 18.9 Å². The van der Waals surface area contributed by atoms with E-state index in [2.05, 4.69) is 28.6 Å². The summed E-state index contributed by atoms with van der Waals surface area (Å²) in [5.74, 6) is 5.21. The summed E-state index contributed by atoms with van der Waals surface area (Å²) >= 11 is 1.63. The lowest BCUT2D eigenvalue weighted by Gasteiger charge is -2.18. The Kier molecular flexibility index (Phi) is 8.67. The average molecular weight is 458 g/mol. The van der Waals surface area contributed by atoms with Crippen molar-refractivity contribution in [3.8, 4) is 23.0 Å². The Morgan fingerprint density at radius 2 is 1.38 bits per heavy atom. The normalized spacial score (nSPS) is 11.9. The smallest absolute Gasteiger partial charge is 0.191 e. The molecule has 0 aliphatic carbocycles. The van der Waals surface area contributed by atoms with Crippen molar-refractivity contribution in [2.24, 2.45) is 5.92 Å². The monoisotopic (exact) mass is 457 g/mol. The number of nitrogens with zero attached hydrogens (tertiary/aromatic N) is 3. The van der Waals surface area contributed by atoms with Gasteiger partial charge in [-0.1, -0.05) is 25.6 Å². The molecule has 0 saturated carbocycles. The molecule has 0 radical (unpaired) electrons. The Bertz CT molecular complexity index is 958. The minimum atomic E-state index is -0.237. The molecule has 3 aromatic rings. The van der Waals surface area contributed by atoms with E-state index in [-0.39, 0.29) is 6.10 Å². The van der Waals surface area contributed by atoms with Crippen LogP contribution in [0.15, 0.2) is 53.7 Å². The zero-order valence-electron chi connectivity index (χ0n) is 19.3. The summed E-state index contributed by atoms with van der Waals surface area (Å²) in [5.41, 5.74) is 0. The number of aromatic nitrogens is 3. The van der Waals surface area contributed by atoms with Crippen LogP contribution < -0.4 is 18.9 Å². The third-order valence-corrected chi connectivity index (χ3v) is 5.60. The van der Waals surface area contributed by atoms with Crippen molar-refractivity contribution >= 4 is 11.8 Å². The largest absolute Gasteiger partial charge is 0.497 e. The molecule has 0 bridgehead atoms. The molecule has 0 aliphatic rings. The molecule has 0 N–H and O–H groups in total. The molecule has 1 aromatic heterocycles. The van der Waals surface area contributed by atoms with E-state index in [1.807, 2.05) is 55.5 Å². The van der Waals surface area contributed by atoms with Gasteiger partial charge in [0.15, 0.2) is 17.1 Å². The van der Waals surface area contributed by atoms with E-state index in [4.69, 9.17) is 18.9 Å². The quantitative estimate of drug-likeness (QED) is 0.271. The first-order chi connectivity index (χ1) is 15.5. The molecule has 0 aliphatic heterocycles. The van der Waals surface area contributed by atoms with Crippen LogP contribution in [0.4, 0.5) is 0 Å². The van der Waals surface area contributed by atoms with Crippen molar-refractivity contribution in [2.75, 3.05) is 26.6 Å². The van der Waals surface area contributed by atoms with Crippen molar-refractivity contribution in [3.63, 3.8) is 0 Å². The standard InChI is InChI=1S/C24H31N3O4S/c1-17(2)16-27-23(18(3)31-22-12-8-20(29-5)9-13-22)25-26-24(27)32-15-14-30-21-10-6-19(28-4)7-11-21/h6-13,17-18H,14-16H2,1-5H3. The molecule has 7 nitrogen and oxygen atoms in total. The van der Waals surface area contributed by atoms with Crippen LogP contribution in [-0.4, -0.2) is 41.3 Å². The van der Waals surface area contributed by atoms with Crippen molar-refractivity contribution in [1.29, 1.82) is 0 Å². The van der Waals surface area contributed by atoms with Crippen molar-refractivity contribution in [2.45, 2.75) is 38.6 Å². The number of methoxy groups -OCH3 is 2. The highest BCUT2D eigenvalue weighted by Gasteiger charge is 2.20. The molecule has 2 aromatic carbocycles. The molecule has 1 heterocycles. The van der Waals surface area contributed by atoms with Crippen LogP contribution in [0.2, 0.25) is 0 Å². The lowest BCUT2D eigenvalue weighted by molar-refractivity contribution is 0.207. The maximum atomic E-state index is 6.11. The van der Waals surface area contributed by atoms with Gasteiger partial charge in [0.25, 0.3) is 0 Å². The highest BCUT2D eigenvalue weighted by Crippen LogP contribution is 2.27. The van der Waals surface area contributed by atoms with Gasteiger partial charge in [-0.3, -0.25) is 0 Å². The summed E-state index contributed by atoms with van der Waals surface area (Å²) < 4.78 is 24.5. The first-order valence-corrected chi connectivity index (χ1v) is 11.6. The van der Waals surface area contributed by atoms with Gasteiger partial charge in [0.1, 0.15) is 23.0 Å². The minimum Gasteiger partial charge on any atom is -0.497 e. The molecule has 0 amide bonds. The minimum absolute atomic E-state index is 0.237. The number of benzene rings is 2. The fraction of sp³-hybridized carbons (Fsp3) is 0.417. The number of thioether (sulfide) groups is 1.